The Morgan fingerprint density at radius 3 is 2.79 bits per heavy atom. The van der Waals surface area contributed by atoms with Crippen LogP contribution in [0.3, 0.4) is 0 Å². The van der Waals surface area contributed by atoms with Crippen LogP contribution in [0.15, 0.2) is 18.3 Å². The average Bonchev–Trinajstić information content (AvgIpc) is 2.93. The molecule has 1 N–H and O–H groups in total. The monoisotopic (exact) mass is 264 g/mol. The number of nitrogens with one attached hydrogen (secondary N) is 1. The highest BCUT2D eigenvalue weighted by Crippen LogP contribution is 2.22. The van der Waals surface area contributed by atoms with Crippen LogP contribution in [0.2, 0.25) is 0 Å². The van der Waals surface area contributed by atoms with Crippen molar-refractivity contribution in [2.45, 2.75) is 31.7 Å². The molecule has 1 aromatic rings. The normalized spacial score (nSPS) is 15.9. The van der Waals surface area contributed by atoms with E-state index in [2.05, 4.69) is 22.2 Å². The number of nitrogens with zero attached hydrogens (tertiary/aromatic N) is 3. The van der Waals surface area contributed by atoms with E-state index in [9.17, 15) is 10.1 Å². The lowest BCUT2D eigenvalue weighted by Gasteiger charge is -2.23. The molecule has 0 unspecified atom stereocenters. The van der Waals surface area contributed by atoms with Crippen molar-refractivity contribution in [3.8, 4) is 0 Å². The maximum atomic E-state index is 10.5. The topological polar surface area (TPSA) is 71.3 Å². The van der Waals surface area contributed by atoms with E-state index in [0.717, 1.165) is 24.8 Å². The average molecular weight is 264 g/mol. The van der Waals surface area contributed by atoms with E-state index in [-0.39, 0.29) is 5.82 Å². The third-order valence-corrected chi connectivity index (χ3v) is 3.68. The number of rotatable bonds is 6. The molecule has 0 bridgehead atoms. The Bertz CT molecular complexity index is 415. The Balaban J connectivity index is 1.74. The minimum absolute atomic E-state index is 0.117. The van der Waals surface area contributed by atoms with Crippen molar-refractivity contribution in [1.82, 2.24) is 9.88 Å². The van der Waals surface area contributed by atoms with E-state index in [0.29, 0.717) is 0 Å². The minimum atomic E-state index is -0.488. The zero-order valence-electron chi connectivity index (χ0n) is 11.2. The van der Waals surface area contributed by atoms with E-state index in [4.69, 9.17) is 0 Å². The maximum Gasteiger partial charge on any atom is 0.363 e. The predicted molar refractivity (Wildman–Crippen MR) is 74.3 cm³/mol. The van der Waals surface area contributed by atoms with Gasteiger partial charge in [-0.2, -0.15) is 0 Å². The molecule has 0 atom stereocenters. The fraction of sp³-hybridized carbons (Fsp3) is 0.615. The molecule has 0 spiro atoms. The summed E-state index contributed by atoms with van der Waals surface area (Å²) in [7, 11) is 2.16. The standard InChI is InChI=1S/C13H20N4O2/c1-16(12-4-2-3-5-12)9-8-14-11-6-7-13(15-10-11)17(18)19/h6-7,10,12,14H,2-5,8-9H2,1H3. The van der Waals surface area contributed by atoms with Crippen LogP contribution in [0.5, 0.6) is 0 Å². The van der Waals surface area contributed by atoms with Gasteiger partial charge in [0.2, 0.25) is 0 Å². The zero-order valence-corrected chi connectivity index (χ0v) is 11.2. The predicted octanol–water partition coefficient (Wildman–Crippen LogP) is 2.28. The highest BCUT2D eigenvalue weighted by atomic mass is 16.6. The van der Waals surface area contributed by atoms with Crippen molar-refractivity contribution in [1.29, 1.82) is 0 Å². The van der Waals surface area contributed by atoms with Gasteiger partial charge >= 0.3 is 5.82 Å². The summed E-state index contributed by atoms with van der Waals surface area (Å²) in [4.78, 5) is 16.2. The molecule has 1 aliphatic rings. The summed E-state index contributed by atoms with van der Waals surface area (Å²) in [5, 5.41) is 13.7. The van der Waals surface area contributed by atoms with Crippen molar-refractivity contribution in [3.63, 3.8) is 0 Å². The van der Waals surface area contributed by atoms with Gasteiger partial charge in [0.1, 0.15) is 0 Å². The second kappa shape index (κ2) is 6.47. The molecule has 0 radical (unpaired) electrons. The van der Waals surface area contributed by atoms with Crippen LogP contribution in [-0.4, -0.2) is 41.0 Å². The van der Waals surface area contributed by atoms with Gasteiger partial charge in [-0.1, -0.05) is 12.8 Å². The van der Waals surface area contributed by atoms with Gasteiger partial charge in [0.05, 0.1) is 5.69 Å². The van der Waals surface area contributed by atoms with Crippen LogP contribution in [0.1, 0.15) is 25.7 Å². The smallest absolute Gasteiger partial charge is 0.363 e. The summed E-state index contributed by atoms with van der Waals surface area (Å²) in [6.45, 7) is 1.80. The van der Waals surface area contributed by atoms with Crippen LogP contribution in [0.4, 0.5) is 11.5 Å². The quantitative estimate of drug-likeness (QED) is 0.630. The van der Waals surface area contributed by atoms with Gasteiger partial charge in [0.15, 0.2) is 6.20 Å². The van der Waals surface area contributed by atoms with Gasteiger partial charge in [-0.05, 0) is 35.9 Å². The number of pyridine rings is 1. The molecular weight excluding hydrogens is 244 g/mol. The Morgan fingerprint density at radius 1 is 1.47 bits per heavy atom. The number of aromatic nitrogens is 1. The first-order valence-electron chi connectivity index (χ1n) is 6.71. The van der Waals surface area contributed by atoms with Gasteiger partial charge in [-0.3, -0.25) is 0 Å². The largest absolute Gasteiger partial charge is 0.381 e. The van der Waals surface area contributed by atoms with Crippen LogP contribution in [-0.2, 0) is 0 Å². The molecule has 104 valence electrons. The summed E-state index contributed by atoms with van der Waals surface area (Å²) >= 11 is 0. The second-order valence-electron chi connectivity index (χ2n) is 5.01. The van der Waals surface area contributed by atoms with E-state index in [1.807, 2.05) is 0 Å². The summed E-state index contributed by atoms with van der Waals surface area (Å²) in [5.74, 6) is -0.117. The van der Waals surface area contributed by atoms with Gasteiger partial charge in [0.25, 0.3) is 0 Å². The summed E-state index contributed by atoms with van der Waals surface area (Å²) in [5.41, 5.74) is 0.824. The van der Waals surface area contributed by atoms with E-state index in [1.54, 1.807) is 6.07 Å². The third kappa shape index (κ3) is 3.89. The Labute approximate surface area is 113 Å². The fourth-order valence-electron chi connectivity index (χ4n) is 2.50. The molecule has 1 fully saturated rings. The van der Waals surface area contributed by atoms with Crippen molar-refractivity contribution >= 4 is 11.5 Å². The molecule has 2 rings (SSSR count). The van der Waals surface area contributed by atoms with E-state index >= 15 is 0 Å². The number of hydrogen-bond donors (Lipinski definition) is 1. The van der Waals surface area contributed by atoms with Crippen LogP contribution in [0, 0.1) is 10.1 Å². The van der Waals surface area contributed by atoms with Crippen molar-refractivity contribution < 1.29 is 4.92 Å². The van der Waals surface area contributed by atoms with Gasteiger partial charge in [-0.15, -0.1) is 0 Å². The van der Waals surface area contributed by atoms with Crippen molar-refractivity contribution in [2.75, 3.05) is 25.5 Å². The maximum absolute atomic E-state index is 10.5. The van der Waals surface area contributed by atoms with Crippen LogP contribution in [0.25, 0.3) is 0 Å². The molecule has 6 nitrogen and oxygen atoms in total. The van der Waals surface area contributed by atoms with Crippen LogP contribution >= 0.6 is 0 Å². The number of likely N-dealkylation sites (N-methyl/N-ethyl adjacent to an activating group) is 1. The minimum Gasteiger partial charge on any atom is -0.381 e. The van der Waals surface area contributed by atoms with Gasteiger partial charge in [0, 0.05) is 25.2 Å². The van der Waals surface area contributed by atoms with Crippen LogP contribution < -0.4 is 5.32 Å². The number of nitro groups is 1. The Morgan fingerprint density at radius 2 is 2.21 bits per heavy atom. The molecule has 1 heterocycles. The molecule has 1 aliphatic carbocycles. The summed E-state index contributed by atoms with van der Waals surface area (Å²) in [6, 6.07) is 3.83. The first-order chi connectivity index (χ1) is 9.16. The SMILES string of the molecule is CN(CCNc1ccc([N+](=O)[O-])nc1)C1CCCC1. The Hall–Kier alpha value is -1.69. The molecule has 0 amide bonds. The van der Waals surface area contributed by atoms with Gasteiger partial charge < -0.3 is 20.3 Å². The van der Waals surface area contributed by atoms with E-state index < -0.39 is 4.92 Å². The van der Waals surface area contributed by atoms with Crippen molar-refractivity contribution in [2.24, 2.45) is 0 Å². The van der Waals surface area contributed by atoms with Gasteiger partial charge in [-0.25, -0.2) is 0 Å². The summed E-state index contributed by atoms with van der Waals surface area (Å²) < 4.78 is 0. The molecule has 0 aromatic carbocycles. The highest BCUT2D eigenvalue weighted by molar-refractivity contribution is 5.43. The number of anilines is 1. The van der Waals surface area contributed by atoms with Crippen molar-refractivity contribution in [3.05, 3.63) is 28.4 Å². The third-order valence-electron chi connectivity index (χ3n) is 3.68. The lowest BCUT2D eigenvalue weighted by Crippen LogP contribution is -2.33. The molecule has 1 saturated carbocycles. The lowest BCUT2D eigenvalue weighted by molar-refractivity contribution is -0.389. The van der Waals surface area contributed by atoms with E-state index in [1.165, 1.54) is 37.9 Å². The highest BCUT2D eigenvalue weighted by Gasteiger charge is 2.18. The first-order valence-corrected chi connectivity index (χ1v) is 6.71. The molecular formula is C13H20N4O2. The second-order valence-corrected chi connectivity index (χ2v) is 5.01. The fourth-order valence-corrected chi connectivity index (χ4v) is 2.50. The molecule has 0 aliphatic heterocycles. The molecule has 6 heteroatoms. The summed E-state index contributed by atoms with van der Waals surface area (Å²) in [6.07, 6.45) is 6.79. The molecule has 1 aromatic heterocycles. The first kappa shape index (κ1) is 13.7. The molecule has 19 heavy (non-hydrogen) atoms. The molecule has 0 saturated heterocycles. The number of hydrogen-bond acceptors (Lipinski definition) is 5. The Kier molecular flexibility index (Phi) is 4.68. The zero-order chi connectivity index (χ0) is 13.7. The lowest BCUT2D eigenvalue weighted by atomic mass is 10.2.